The molecular formula is C22H30ClNO3. The summed E-state index contributed by atoms with van der Waals surface area (Å²) >= 11 is 6.47. The molecule has 0 aliphatic heterocycles. The Hall–Kier alpha value is -1.75. The van der Waals surface area contributed by atoms with E-state index in [0.29, 0.717) is 30.5 Å². The first-order valence-electron chi connectivity index (χ1n) is 9.56. The summed E-state index contributed by atoms with van der Waals surface area (Å²) < 4.78 is 17.1. The molecule has 0 spiro atoms. The number of hydrogen-bond donors (Lipinski definition) is 1. The number of hydrogen-bond acceptors (Lipinski definition) is 4. The molecule has 2 rings (SSSR count). The van der Waals surface area contributed by atoms with Crippen molar-refractivity contribution in [1.29, 1.82) is 0 Å². The molecule has 5 heteroatoms. The van der Waals surface area contributed by atoms with Crippen LogP contribution in [0.1, 0.15) is 37.0 Å². The van der Waals surface area contributed by atoms with Crippen LogP contribution in [0.2, 0.25) is 5.02 Å². The first-order valence-corrected chi connectivity index (χ1v) is 9.93. The Labute approximate surface area is 167 Å². The van der Waals surface area contributed by atoms with E-state index in [1.807, 2.05) is 26.0 Å². The highest BCUT2D eigenvalue weighted by molar-refractivity contribution is 6.31. The van der Waals surface area contributed by atoms with Crippen LogP contribution in [0.4, 0.5) is 0 Å². The molecule has 0 saturated heterocycles. The molecule has 0 aliphatic carbocycles. The molecule has 0 fully saturated rings. The van der Waals surface area contributed by atoms with Gasteiger partial charge in [0, 0.05) is 30.8 Å². The number of ether oxygens (including phenoxy) is 3. The van der Waals surface area contributed by atoms with Gasteiger partial charge in [-0.3, -0.25) is 0 Å². The van der Waals surface area contributed by atoms with Gasteiger partial charge in [-0.05, 0) is 50.9 Å². The van der Waals surface area contributed by atoms with Gasteiger partial charge in [-0.2, -0.15) is 0 Å². The van der Waals surface area contributed by atoms with Crippen molar-refractivity contribution in [1.82, 2.24) is 5.32 Å². The normalized spacial score (nSPS) is 10.8. The van der Waals surface area contributed by atoms with Gasteiger partial charge < -0.3 is 19.5 Å². The van der Waals surface area contributed by atoms with E-state index >= 15 is 0 Å². The molecule has 1 N–H and O–H groups in total. The highest BCUT2D eigenvalue weighted by Gasteiger charge is 2.11. The predicted octanol–water partition coefficient (Wildman–Crippen LogP) is 5.14. The van der Waals surface area contributed by atoms with Crippen molar-refractivity contribution in [2.24, 2.45) is 0 Å². The number of halogens is 1. The average Bonchev–Trinajstić information content (AvgIpc) is 2.67. The molecule has 0 atom stereocenters. The minimum atomic E-state index is 0.478. The van der Waals surface area contributed by atoms with Gasteiger partial charge >= 0.3 is 0 Å². The summed E-state index contributed by atoms with van der Waals surface area (Å²) in [5.41, 5.74) is 3.34. The summed E-state index contributed by atoms with van der Waals surface area (Å²) in [4.78, 5) is 0. The Morgan fingerprint density at radius 1 is 0.963 bits per heavy atom. The van der Waals surface area contributed by atoms with Crippen molar-refractivity contribution in [3.8, 4) is 11.5 Å². The molecule has 0 bridgehead atoms. The Balaban J connectivity index is 1.98. The van der Waals surface area contributed by atoms with E-state index in [9.17, 15) is 0 Å². The lowest BCUT2D eigenvalue weighted by Crippen LogP contribution is -2.16. The third-order valence-electron chi connectivity index (χ3n) is 4.09. The summed E-state index contributed by atoms with van der Waals surface area (Å²) in [6.45, 7) is 10.2. The summed E-state index contributed by atoms with van der Waals surface area (Å²) in [5, 5.41) is 4.07. The standard InChI is InChI=1S/C22H30ClNO3/c1-4-25-12-6-11-24-15-19-13-21(26-5-2)22(14-20(19)23)27-16-18-9-7-17(3)8-10-18/h7-10,13-14,24H,4-6,11-12,15-16H2,1-3H3. The van der Waals surface area contributed by atoms with Crippen molar-refractivity contribution in [3.05, 3.63) is 58.1 Å². The van der Waals surface area contributed by atoms with E-state index in [1.54, 1.807) is 0 Å². The van der Waals surface area contributed by atoms with Crippen molar-refractivity contribution in [2.45, 2.75) is 40.3 Å². The van der Waals surface area contributed by atoms with Crippen LogP contribution in [0.25, 0.3) is 0 Å². The molecule has 0 radical (unpaired) electrons. The minimum absolute atomic E-state index is 0.478. The maximum atomic E-state index is 6.47. The second kappa shape index (κ2) is 11.9. The molecule has 0 amide bonds. The molecule has 0 saturated carbocycles. The van der Waals surface area contributed by atoms with E-state index in [0.717, 1.165) is 43.1 Å². The molecule has 0 aromatic heterocycles. The maximum Gasteiger partial charge on any atom is 0.163 e. The number of nitrogens with one attached hydrogen (secondary N) is 1. The quantitative estimate of drug-likeness (QED) is 0.508. The van der Waals surface area contributed by atoms with Gasteiger partial charge in [0.05, 0.1) is 6.61 Å². The first kappa shape index (κ1) is 21.5. The zero-order valence-corrected chi connectivity index (χ0v) is 17.3. The lowest BCUT2D eigenvalue weighted by molar-refractivity contribution is 0.144. The van der Waals surface area contributed by atoms with Crippen molar-refractivity contribution >= 4 is 11.6 Å². The Kier molecular flexibility index (Phi) is 9.46. The summed E-state index contributed by atoms with van der Waals surface area (Å²) in [7, 11) is 0. The van der Waals surface area contributed by atoms with Crippen LogP contribution in [0.15, 0.2) is 36.4 Å². The van der Waals surface area contributed by atoms with E-state index in [-0.39, 0.29) is 0 Å². The second-order valence-electron chi connectivity index (χ2n) is 6.32. The van der Waals surface area contributed by atoms with Gasteiger partial charge in [0.15, 0.2) is 11.5 Å². The molecule has 2 aromatic carbocycles. The fourth-order valence-corrected chi connectivity index (χ4v) is 2.83. The van der Waals surface area contributed by atoms with Crippen molar-refractivity contribution in [2.75, 3.05) is 26.4 Å². The molecule has 0 aliphatic rings. The molecule has 2 aromatic rings. The second-order valence-corrected chi connectivity index (χ2v) is 6.73. The smallest absolute Gasteiger partial charge is 0.163 e. The van der Waals surface area contributed by atoms with Crippen LogP contribution in [0.3, 0.4) is 0 Å². The van der Waals surface area contributed by atoms with E-state index in [2.05, 4.69) is 36.5 Å². The van der Waals surface area contributed by atoms with Gasteiger partial charge in [0.1, 0.15) is 6.61 Å². The summed E-state index contributed by atoms with van der Waals surface area (Å²) in [5.74, 6) is 1.39. The highest BCUT2D eigenvalue weighted by Crippen LogP contribution is 2.34. The van der Waals surface area contributed by atoms with Crippen molar-refractivity contribution < 1.29 is 14.2 Å². The van der Waals surface area contributed by atoms with Gasteiger partial charge in [-0.25, -0.2) is 0 Å². The van der Waals surface area contributed by atoms with Gasteiger partial charge in [-0.1, -0.05) is 41.4 Å². The zero-order chi connectivity index (χ0) is 19.5. The molecule has 0 unspecified atom stereocenters. The van der Waals surface area contributed by atoms with Gasteiger partial charge in [-0.15, -0.1) is 0 Å². The van der Waals surface area contributed by atoms with Gasteiger partial charge in [0.2, 0.25) is 0 Å². The van der Waals surface area contributed by atoms with Crippen LogP contribution in [-0.2, 0) is 17.9 Å². The fraction of sp³-hybridized carbons (Fsp3) is 0.455. The minimum Gasteiger partial charge on any atom is -0.490 e. The van der Waals surface area contributed by atoms with Crippen LogP contribution >= 0.6 is 11.6 Å². The lowest BCUT2D eigenvalue weighted by atomic mass is 10.1. The number of aryl methyl sites for hydroxylation is 1. The Bertz CT molecular complexity index is 689. The average molecular weight is 392 g/mol. The third-order valence-corrected chi connectivity index (χ3v) is 4.44. The monoisotopic (exact) mass is 391 g/mol. The van der Waals surface area contributed by atoms with Crippen LogP contribution in [0.5, 0.6) is 11.5 Å². The zero-order valence-electron chi connectivity index (χ0n) is 16.5. The van der Waals surface area contributed by atoms with Crippen LogP contribution in [-0.4, -0.2) is 26.4 Å². The lowest BCUT2D eigenvalue weighted by Gasteiger charge is -2.15. The van der Waals surface area contributed by atoms with E-state index in [4.69, 9.17) is 25.8 Å². The number of rotatable bonds is 12. The molecule has 0 heterocycles. The maximum absolute atomic E-state index is 6.47. The highest BCUT2D eigenvalue weighted by atomic mass is 35.5. The Morgan fingerprint density at radius 2 is 1.70 bits per heavy atom. The van der Waals surface area contributed by atoms with Crippen LogP contribution in [0, 0.1) is 6.92 Å². The third kappa shape index (κ3) is 7.41. The van der Waals surface area contributed by atoms with E-state index < -0.39 is 0 Å². The van der Waals surface area contributed by atoms with Crippen molar-refractivity contribution in [3.63, 3.8) is 0 Å². The molecule has 148 valence electrons. The molecule has 27 heavy (non-hydrogen) atoms. The van der Waals surface area contributed by atoms with Crippen LogP contribution < -0.4 is 14.8 Å². The summed E-state index contributed by atoms with van der Waals surface area (Å²) in [6, 6.07) is 12.1. The largest absolute Gasteiger partial charge is 0.490 e. The van der Waals surface area contributed by atoms with E-state index in [1.165, 1.54) is 5.56 Å². The Morgan fingerprint density at radius 3 is 2.41 bits per heavy atom. The topological polar surface area (TPSA) is 39.7 Å². The number of benzene rings is 2. The van der Waals surface area contributed by atoms with Gasteiger partial charge in [0.25, 0.3) is 0 Å². The first-order chi connectivity index (χ1) is 13.1. The fourth-order valence-electron chi connectivity index (χ4n) is 2.61. The predicted molar refractivity (Wildman–Crippen MR) is 111 cm³/mol. The molecule has 4 nitrogen and oxygen atoms in total. The molecular weight excluding hydrogens is 362 g/mol. The SMILES string of the molecule is CCOCCCNCc1cc(OCC)c(OCc2ccc(C)cc2)cc1Cl. The summed E-state index contributed by atoms with van der Waals surface area (Å²) in [6.07, 6.45) is 0.974.